The van der Waals surface area contributed by atoms with E-state index in [0.29, 0.717) is 0 Å². The molecule has 3 heteroatoms. The topological polar surface area (TPSA) is 43.3 Å². The van der Waals surface area contributed by atoms with Crippen LogP contribution in [0, 0.1) is 19.3 Å². The van der Waals surface area contributed by atoms with Crippen LogP contribution in [0.15, 0.2) is 18.3 Å². The second kappa shape index (κ2) is 3.84. The highest BCUT2D eigenvalue weighted by Crippen LogP contribution is 2.32. The Balaban J connectivity index is 2.65. The normalized spacial score (nSPS) is 14.2. The molecular formula is C14H21N3. The molecule has 3 nitrogen and oxygen atoms in total. The van der Waals surface area contributed by atoms with Crippen molar-refractivity contribution in [3.63, 3.8) is 0 Å². The van der Waals surface area contributed by atoms with Crippen molar-refractivity contribution < 1.29 is 0 Å². The number of aromatic nitrogens is 2. The van der Waals surface area contributed by atoms with Crippen molar-refractivity contribution in [2.75, 3.05) is 0 Å². The zero-order valence-corrected chi connectivity index (χ0v) is 11.3. The molecule has 0 spiro atoms. The summed E-state index contributed by atoms with van der Waals surface area (Å²) in [5.41, 5.74) is 10.7. The molecule has 0 amide bonds. The van der Waals surface area contributed by atoms with Crippen molar-refractivity contribution in [2.45, 2.75) is 40.7 Å². The SMILES string of the molecule is Cc1ccn2c(C(N)C(C)(C)C)c(C)nc2c1. The minimum Gasteiger partial charge on any atom is -0.322 e. The van der Waals surface area contributed by atoms with Crippen LogP contribution in [0.2, 0.25) is 0 Å². The van der Waals surface area contributed by atoms with Crippen molar-refractivity contribution in [3.05, 3.63) is 35.3 Å². The Hall–Kier alpha value is -1.35. The molecule has 0 aliphatic rings. The number of nitrogens with zero attached hydrogens (tertiary/aromatic N) is 2. The van der Waals surface area contributed by atoms with Crippen LogP contribution < -0.4 is 5.73 Å². The summed E-state index contributed by atoms with van der Waals surface area (Å²) in [6.45, 7) is 10.6. The maximum Gasteiger partial charge on any atom is 0.137 e. The monoisotopic (exact) mass is 231 g/mol. The Kier molecular flexibility index (Phi) is 2.74. The maximum atomic E-state index is 6.36. The molecule has 0 aromatic carbocycles. The molecule has 2 heterocycles. The predicted molar refractivity (Wildman–Crippen MR) is 71.0 cm³/mol. The minimum absolute atomic E-state index is 0.0137. The van der Waals surface area contributed by atoms with Gasteiger partial charge in [0.1, 0.15) is 5.65 Å². The van der Waals surface area contributed by atoms with E-state index in [1.165, 1.54) is 5.56 Å². The largest absolute Gasteiger partial charge is 0.322 e. The summed E-state index contributed by atoms with van der Waals surface area (Å²) in [7, 11) is 0. The Bertz CT molecular complexity index is 546. The number of hydrogen-bond donors (Lipinski definition) is 1. The van der Waals surface area contributed by atoms with E-state index in [1.54, 1.807) is 0 Å². The van der Waals surface area contributed by atoms with E-state index in [1.807, 2.05) is 6.92 Å². The molecule has 0 saturated carbocycles. The molecule has 1 atom stereocenters. The van der Waals surface area contributed by atoms with E-state index in [-0.39, 0.29) is 11.5 Å². The molecule has 0 radical (unpaired) electrons. The van der Waals surface area contributed by atoms with Gasteiger partial charge < -0.3 is 10.1 Å². The van der Waals surface area contributed by atoms with Crippen LogP contribution in [-0.4, -0.2) is 9.38 Å². The molecular weight excluding hydrogens is 210 g/mol. The Labute approximate surface area is 103 Å². The fourth-order valence-corrected chi connectivity index (χ4v) is 2.07. The van der Waals surface area contributed by atoms with Gasteiger partial charge in [0, 0.05) is 6.20 Å². The van der Waals surface area contributed by atoms with Gasteiger partial charge >= 0.3 is 0 Å². The molecule has 0 aliphatic carbocycles. The van der Waals surface area contributed by atoms with Crippen LogP contribution in [0.5, 0.6) is 0 Å². The van der Waals surface area contributed by atoms with Crippen molar-refractivity contribution in [1.29, 1.82) is 0 Å². The first kappa shape index (κ1) is 12.1. The highest BCUT2D eigenvalue weighted by Gasteiger charge is 2.27. The molecule has 0 aliphatic heterocycles. The van der Waals surface area contributed by atoms with Crippen molar-refractivity contribution in [1.82, 2.24) is 9.38 Å². The molecule has 0 bridgehead atoms. The molecule has 0 saturated heterocycles. The number of rotatable bonds is 1. The fraction of sp³-hybridized carbons (Fsp3) is 0.500. The average molecular weight is 231 g/mol. The molecule has 92 valence electrons. The highest BCUT2D eigenvalue weighted by atomic mass is 15.0. The van der Waals surface area contributed by atoms with E-state index < -0.39 is 0 Å². The second-order valence-electron chi connectivity index (χ2n) is 5.86. The third-order valence-electron chi connectivity index (χ3n) is 3.23. The van der Waals surface area contributed by atoms with Gasteiger partial charge in [-0.3, -0.25) is 0 Å². The number of pyridine rings is 1. The quantitative estimate of drug-likeness (QED) is 0.820. The Morgan fingerprint density at radius 3 is 2.53 bits per heavy atom. The lowest BCUT2D eigenvalue weighted by molar-refractivity contribution is 0.319. The summed E-state index contributed by atoms with van der Waals surface area (Å²) in [6.07, 6.45) is 2.06. The third kappa shape index (κ3) is 2.07. The van der Waals surface area contributed by atoms with Crippen LogP contribution >= 0.6 is 0 Å². The van der Waals surface area contributed by atoms with Crippen LogP contribution in [0.4, 0.5) is 0 Å². The first-order chi connectivity index (χ1) is 7.80. The van der Waals surface area contributed by atoms with Crippen LogP contribution in [0.25, 0.3) is 5.65 Å². The van der Waals surface area contributed by atoms with E-state index >= 15 is 0 Å². The van der Waals surface area contributed by atoms with Crippen LogP contribution in [0.1, 0.15) is 43.8 Å². The van der Waals surface area contributed by atoms with Crippen molar-refractivity contribution in [3.8, 4) is 0 Å². The lowest BCUT2D eigenvalue weighted by atomic mass is 9.85. The summed E-state index contributed by atoms with van der Waals surface area (Å²) in [5.74, 6) is 0. The standard InChI is InChI=1S/C14H21N3/c1-9-6-7-17-11(8-9)16-10(2)12(17)13(15)14(3,4)5/h6-8,13H,15H2,1-5H3. The number of imidazole rings is 1. The van der Waals surface area contributed by atoms with Gasteiger partial charge in [-0.25, -0.2) is 4.98 Å². The zero-order valence-electron chi connectivity index (χ0n) is 11.3. The molecule has 17 heavy (non-hydrogen) atoms. The summed E-state index contributed by atoms with van der Waals surface area (Å²) in [5, 5.41) is 0. The van der Waals surface area contributed by atoms with E-state index in [0.717, 1.165) is 17.0 Å². The van der Waals surface area contributed by atoms with Gasteiger partial charge in [0.2, 0.25) is 0 Å². The van der Waals surface area contributed by atoms with Crippen LogP contribution in [-0.2, 0) is 0 Å². The highest BCUT2D eigenvalue weighted by molar-refractivity contribution is 5.46. The molecule has 2 aromatic heterocycles. The van der Waals surface area contributed by atoms with Gasteiger partial charge in [0.15, 0.2) is 0 Å². The number of nitrogens with two attached hydrogens (primary N) is 1. The average Bonchev–Trinajstić information content (AvgIpc) is 2.50. The minimum atomic E-state index is -0.0137. The van der Waals surface area contributed by atoms with Crippen molar-refractivity contribution >= 4 is 5.65 Å². The van der Waals surface area contributed by atoms with Gasteiger partial charge in [0.25, 0.3) is 0 Å². The lowest BCUT2D eigenvalue weighted by Gasteiger charge is -2.27. The molecule has 1 unspecified atom stereocenters. The third-order valence-corrected chi connectivity index (χ3v) is 3.23. The smallest absolute Gasteiger partial charge is 0.137 e. The van der Waals surface area contributed by atoms with Crippen molar-refractivity contribution in [2.24, 2.45) is 11.1 Å². The Morgan fingerprint density at radius 2 is 1.94 bits per heavy atom. The zero-order chi connectivity index (χ0) is 12.8. The summed E-state index contributed by atoms with van der Waals surface area (Å²) in [4.78, 5) is 4.59. The summed E-state index contributed by atoms with van der Waals surface area (Å²) >= 11 is 0. The number of aryl methyl sites for hydroxylation is 2. The lowest BCUT2D eigenvalue weighted by Crippen LogP contribution is -2.28. The molecule has 2 rings (SSSR count). The van der Waals surface area contributed by atoms with E-state index in [2.05, 4.69) is 55.4 Å². The van der Waals surface area contributed by atoms with Gasteiger partial charge in [0.05, 0.1) is 17.4 Å². The first-order valence-corrected chi connectivity index (χ1v) is 6.01. The first-order valence-electron chi connectivity index (χ1n) is 6.01. The van der Waals surface area contributed by atoms with E-state index in [4.69, 9.17) is 5.73 Å². The second-order valence-corrected chi connectivity index (χ2v) is 5.86. The summed E-state index contributed by atoms with van der Waals surface area (Å²) in [6, 6.07) is 4.17. The summed E-state index contributed by atoms with van der Waals surface area (Å²) < 4.78 is 2.11. The van der Waals surface area contributed by atoms with E-state index in [9.17, 15) is 0 Å². The van der Waals surface area contributed by atoms with Crippen LogP contribution in [0.3, 0.4) is 0 Å². The fourth-order valence-electron chi connectivity index (χ4n) is 2.07. The predicted octanol–water partition coefficient (Wildman–Crippen LogP) is 3.00. The van der Waals surface area contributed by atoms with Gasteiger partial charge in [-0.2, -0.15) is 0 Å². The Morgan fingerprint density at radius 1 is 1.29 bits per heavy atom. The van der Waals surface area contributed by atoms with Gasteiger partial charge in [-0.15, -0.1) is 0 Å². The molecule has 2 aromatic rings. The molecule has 0 fully saturated rings. The maximum absolute atomic E-state index is 6.36. The number of fused-ring (bicyclic) bond motifs is 1. The van der Waals surface area contributed by atoms with Gasteiger partial charge in [-0.05, 0) is 37.0 Å². The van der Waals surface area contributed by atoms with Gasteiger partial charge in [-0.1, -0.05) is 20.8 Å². The number of hydrogen-bond acceptors (Lipinski definition) is 2. The molecule has 2 N–H and O–H groups in total.